The minimum Gasteiger partial charge on any atom is -0.480 e. The van der Waals surface area contributed by atoms with Crippen molar-refractivity contribution in [2.45, 2.75) is 19.5 Å². The zero-order valence-electron chi connectivity index (χ0n) is 9.24. The standard InChI is InChI=1S/C11H13FN2O3/c1-7(10(15)16)14-11(17)13-6-8-3-2-4-9(12)5-8/h2-5,7H,6H2,1H3,(H,15,16)(H2,13,14,17)/t7-/m0/s1. The fourth-order valence-electron chi connectivity index (χ4n) is 1.14. The maximum atomic E-state index is 12.8. The molecule has 0 spiro atoms. The van der Waals surface area contributed by atoms with Gasteiger partial charge in [0.2, 0.25) is 0 Å². The second kappa shape index (κ2) is 5.83. The van der Waals surface area contributed by atoms with E-state index in [1.54, 1.807) is 6.07 Å². The number of carboxylic acids is 1. The Hall–Kier alpha value is -2.11. The van der Waals surface area contributed by atoms with Gasteiger partial charge in [-0.25, -0.2) is 9.18 Å². The molecule has 0 aliphatic rings. The van der Waals surface area contributed by atoms with Gasteiger partial charge in [-0.1, -0.05) is 12.1 Å². The molecule has 0 saturated heterocycles. The first-order valence-electron chi connectivity index (χ1n) is 5.00. The van der Waals surface area contributed by atoms with Gasteiger partial charge < -0.3 is 15.7 Å². The van der Waals surface area contributed by atoms with Gasteiger partial charge in [-0.05, 0) is 24.6 Å². The predicted molar refractivity (Wildman–Crippen MR) is 58.9 cm³/mol. The van der Waals surface area contributed by atoms with Gasteiger partial charge in [0.25, 0.3) is 0 Å². The van der Waals surface area contributed by atoms with Gasteiger partial charge in [-0.2, -0.15) is 0 Å². The van der Waals surface area contributed by atoms with Crippen molar-refractivity contribution >= 4 is 12.0 Å². The van der Waals surface area contributed by atoms with E-state index in [0.717, 1.165) is 0 Å². The van der Waals surface area contributed by atoms with Crippen molar-refractivity contribution in [1.82, 2.24) is 10.6 Å². The van der Waals surface area contributed by atoms with Crippen LogP contribution in [0.15, 0.2) is 24.3 Å². The Kier molecular flexibility index (Phi) is 4.45. The zero-order chi connectivity index (χ0) is 12.8. The number of amides is 2. The molecule has 1 aromatic carbocycles. The molecule has 0 fully saturated rings. The Morgan fingerprint density at radius 1 is 1.47 bits per heavy atom. The molecular formula is C11H13FN2O3. The van der Waals surface area contributed by atoms with Crippen molar-refractivity contribution in [3.63, 3.8) is 0 Å². The Bertz CT molecular complexity index is 423. The molecule has 17 heavy (non-hydrogen) atoms. The Morgan fingerprint density at radius 3 is 2.76 bits per heavy atom. The summed E-state index contributed by atoms with van der Waals surface area (Å²) in [5.74, 6) is -1.51. The molecule has 3 N–H and O–H groups in total. The Labute approximate surface area is 97.6 Å². The highest BCUT2D eigenvalue weighted by molar-refractivity contribution is 5.82. The number of nitrogens with one attached hydrogen (secondary N) is 2. The molecule has 0 aliphatic carbocycles. The molecule has 1 rings (SSSR count). The van der Waals surface area contributed by atoms with Gasteiger partial charge in [0.15, 0.2) is 0 Å². The third kappa shape index (κ3) is 4.50. The summed E-state index contributed by atoms with van der Waals surface area (Å²) >= 11 is 0. The van der Waals surface area contributed by atoms with Gasteiger partial charge >= 0.3 is 12.0 Å². The molecule has 0 radical (unpaired) electrons. The summed E-state index contributed by atoms with van der Waals surface area (Å²) in [4.78, 5) is 21.7. The van der Waals surface area contributed by atoms with E-state index in [9.17, 15) is 14.0 Å². The smallest absolute Gasteiger partial charge is 0.325 e. The molecule has 0 aliphatic heterocycles. The van der Waals surface area contributed by atoms with Crippen LogP contribution in [0.1, 0.15) is 12.5 Å². The van der Waals surface area contributed by atoms with Gasteiger partial charge in [0.1, 0.15) is 11.9 Å². The number of carbonyl (C=O) groups is 2. The number of hydrogen-bond acceptors (Lipinski definition) is 2. The van der Waals surface area contributed by atoms with Crippen LogP contribution in [-0.4, -0.2) is 23.1 Å². The maximum Gasteiger partial charge on any atom is 0.325 e. The summed E-state index contributed by atoms with van der Waals surface area (Å²) in [6, 6.07) is 4.21. The van der Waals surface area contributed by atoms with Crippen LogP contribution in [0.3, 0.4) is 0 Å². The number of benzene rings is 1. The summed E-state index contributed by atoms with van der Waals surface area (Å²) in [6.45, 7) is 1.49. The van der Waals surface area contributed by atoms with Crippen molar-refractivity contribution in [1.29, 1.82) is 0 Å². The van der Waals surface area contributed by atoms with Crippen LogP contribution >= 0.6 is 0 Å². The van der Waals surface area contributed by atoms with Crippen LogP contribution in [-0.2, 0) is 11.3 Å². The van der Waals surface area contributed by atoms with E-state index < -0.39 is 18.0 Å². The zero-order valence-corrected chi connectivity index (χ0v) is 9.24. The number of urea groups is 1. The molecule has 92 valence electrons. The predicted octanol–water partition coefficient (Wildman–Crippen LogP) is 1.10. The van der Waals surface area contributed by atoms with Gasteiger partial charge in [0.05, 0.1) is 0 Å². The number of rotatable bonds is 4. The van der Waals surface area contributed by atoms with E-state index in [2.05, 4.69) is 10.6 Å². The van der Waals surface area contributed by atoms with Crippen molar-refractivity contribution in [2.75, 3.05) is 0 Å². The molecule has 1 atom stereocenters. The van der Waals surface area contributed by atoms with Crippen molar-refractivity contribution in [2.24, 2.45) is 0 Å². The topological polar surface area (TPSA) is 78.4 Å². The normalized spacial score (nSPS) is 11.6. The monoisotopic (exact) mass is 240 g/mol. The van der Waals surface area contributed by atoms with Crippen molar-refractivity contribution < 1.29 is 19.1 Å². The van der Waals surface area contributed by atoms with Crippen LogP contribution in [0, 0.1) is 5.82 Å². The summed E-state index contributed by atoms with van der Waals surface area (Å²) in [7, 11) is 0. The third-order valence-corrected chi connectivity index (χ3v) is 2.06. The number of aliphatic carboxylic acids is 1. The van der Waals surface area contributed by atoms with Crippen LogP contribution in [0.2, 0.25) is 0 Å². The van der Waals surface area contributed by atoms with E-state index >= 15 is 0 Å². The second-order valence-corrected chi connectivity index (χ2v) is 3.52. The quantitative estimate of drug-likeness (QED) is 0.737. The molecule has 5 nitrogen and oxygen atoms in total. The third-order valence-electron chi connectivity index (χ3n) is 2.06. The maximum absolute atomic E-state index is 12.8. The lowest BCUT2D eigenvalue weighted by molar-refractivity contribution is -0.138. The molecule has 0 unspecified atom stereocenters. The molecule has 2 amide bonds. The van der Waals surface area contributed by atoms with Crippen LogP contribution in [0.4, 0.5) is 9.18 Å². The summed E-state index contributed by atoms with van der Waals surface area (Å²) in [5, 5.41) is 13.2. The fourth-order valence-corrected chi connectivity index (χ4v) is 1.14. The molecule has 0 saturated carbocycles. The minimum absolute atomic E-state index is 0.135. The van der Waals surface area contributed by atoms with Crippen LogP contribution in [0.25, 0.3) is 0 Å². The van der Waals surface area contributed by atoms with Crippen LogP contribution < -0.4 is 10.6 Å². The van der Waals surface area contributed by atoms with E-state index in [-0.39, 0.29) is 12.4 Å². The molecule has 1 aromatic rings. The highest BCUT2D eigenvalue weighted by Crippen LogP contribution is 2.02. The lowest BCUT2D eigenvalue weighted by Crippen LogP contribution is -2.44. The number of halogens is 1. The SMILES string of the molecule is C[C@H](NC(=O)NCc1cccc(F)c1)C(=O)O. The number of carbonyl (C=O) groups excluding carboxylic acids is 1. The molecular weight excluding hydrogens is 227 g/mol. The first-order chi connectivity index (χ1) is 7.99. The number of carboxylic acid groups (broad SMARTS) is 1. The van der Waals surface area contributed by atoms with E-state index in [1.165, 1.54) is 25.1 Å². The van der Waals surface area contributed by atoms with Gasteiger partial charge in [-0.3, -0.25) is 4.79 Å². The lowest BCUT2D eigenvalue weighted by atomic mass is 10.2. The summed E-state index contributed by atoms with van der Waals surface area (Å²) < 4.78 is 12.8. The average molecular weight is 240 g/mol. The van der Waals surface area contributed by atoms with E-state index in [1.807, 2.05) is 0 Å². The van der Waals surface area contributed by atoms with Gasteiger partial charge in [0, 0.05) is 6.54 Å². The Balaban J connectivity index is 2.41. The first kappa shape index (κ1) is 13.0. The first-order valence-corrected chi connectivity index (χ1v) is 5.00. The van der Waals surface area contributed by atoms with Crippen molar-refractivity contribution in [3.05, 3.63) is 35.6 Å². The van der Waals surface area contributed by atoms with E-state index in [4.69, 9.17) is 5.11 Å². The second-order valence-electron chi connectivity index (χ2n) is 3.52. The molecule has 6 heteroatoms. The largest absolute Gasteiger partial charge is 0.480 e. The molecule has 0 aromatic heterocycles. The summed E-state index contributed by atoms with van der Waals surface area (Å²) in [6.07, 6.45) is 0. The highest BCUT2D eigenvalue weighted by atomic mass is 19.1. The Morgan fingerprint density at radius 2 is 2.18 bits per heavy atom. The highest BCUT2D eigenvalue weighted by Gasteiger charge is 2.13. The number of hydrogen-bond donors (Lipinski definition) is 3. The molecule has 0 bridgehead atoms. The fraction of sp³-hybridized carbons (Fsp3) is 0.273. The van der Waals surface area contributed by atoms with E-state index in [0.29, 0.717) is 5.56 Å². The molecule has 0 heterocycles. The van der Waals surface area contributed by atoms with Crippen molar-refractivity contribution in [3.8, 4) is 0 Å². The average Bonchev–Trinajstić information content (AvgIpc) is 2.26. The van der Waals surface area contributed by atoms with Crippen LogP contribution in [0.5, 0.6) is 0 Å². The minimum atomic E-state index is -1.12. The van der Waals surface area contributed by atoms with Gasteiger partial charge in [-0.15, -0.1) is 0 Å². The lowest BCUT2D eigenvalue weighted by Gasteiger charge is -2.10. The summed E-state index contributed by atoms with van der Waals surface area (Å²) in [5.41, 5.74) is 0.600.